The Morgan fingerprint density at radius 1 is 1.38 bits per heavy atom. The molecule has 13 heavy (non-hydrogen) atoms. The Bertz CT molecular complexity index is 341. The van der Waals surface area contributed by atoms with Crippen molar-refractivity contribution in [2.75, 3.05) is 13.2 Å². The van der Waals surface area contributed by atoms with Gasteiger partial charge in [0.2, 0.25) is 0 Å². The second-order valence-electron chi connectivity index (χ2n) is 2.45. The first-order valence-corrected chi connectivity index (χ1v) is 4.30. The fourth-order valence-corrected chi connectivity index (χ4v) is 1.23. The molecule has 68 valence electrons. The molecule has 1 aromatic heterocycles. The first kappa shape index (κ1) is 8.37. The largest absolute Gasteiger partial charge is 0.471 e. The standard InChI is InChI=1S/C8H8N2O2S/c13-8-6(2-1-3-9-8)7-10-12-5-4-11-7/h1-3H,4-5H2,(H,9,13). The Hall–Kier alpha value is -1.23. The van der Waals surface area contributed by atoms with Gasteiger partial charge in [0.1, 0.15) is 11.6 Å². The molecule has 2 heterocycles. The van der Waals surface area contributed by atoms with Crippen molar-refractivity contribution < 1.29 is 9.57 Å². The zero-order valence-corrected chi connectivity index (χ0v) is 7.70. The fraction of sp³-hybridized carbons (Fsp3) is 0.250. The molecule has 1 aromatic rings. The number of rotatable bonds is 1. The maximum absolute atomic E-state index is 5.28. The lowest BCUT2D eigenvalue weighted by Gasteiger charge is -2.13. The Labute approximate surface area is 81.0 Å². The smallest absolute Gasteiger partial charge is 0.260 e. The molecule has 4 nitrogen and oxygen atoms in total. The van der Waals surface area contributed by atoms with Gasteiger partial charge >= 0.3 is 0 Å². The minimum Gasteiger partial charge on any atom is -0.471 e. The monoisotopic (exact) mass is 196 g/mol. The van der Waals surface area contributed by atoms with E-state index in [4.69, 9.17) is 9.57 Å². The molecule has 0 atom stereocenters. The molecular formula is C8H8N2O2S. The molecule has 0 radical (unpaired) electrons. The summed E-state index contributed by atoms with van der Waals surface area (Å²) in [4.78, 5) is 8.89. The summed E-state index contributed by atoms with van der Waals surface area (Å²) in [6, 6.07) is 3.64. The van der Waals surface area contributed by atoms with Crippen LogP contribution in [0, 0.1) is 0 Å². The first-order valence-electron chi connectivity index (χ1n) is 3.85. The number of hydrogen-bond donors (Lipinski definition) is 1. The van der Waals surface area contributed by atoms with Gasteiger partial charge in [-0.05, 0) is 17.3 Å². The van der Waals surface area contributed by atoms with Gasteiger partial charge in [-0.3, -0.25) is 0 Å². The Balaban J connectivity index is 2.34. The van der Waals surface area contributed by atoms with Gasteiger partial charge in [0.15, 0.2) is 6.61 Å². The third-order valence-electron chi connectivity index (χ3n) is 1.58. The van der Waals surface area contributed by atoms with E-state index in [0.717, 1.165) is 5.56 Å². The second kappa shape index (κ2) is 3.66. The molecule has 0 spiro atoms. The van der Waals surface area contributed by atoms with Crippen molar-refractivity contribution in [2.24, 2.45) is 5.16 Å². The molecular weight excluding hydrogens is 188 g/mol. The van der Waals surface area contributed by atoms with Crippen LogP contribution in [-0.4, -0.2) is 24.1 Å². The van der Waals surface area contributed by atoms with Crippen molar-refractivity contribution in [2.45, 2.75) is 5.03 Å². The van der Waals surface area contributed by atoms with Crippen LogP contribution in [0.3, 0.4) is 0 Å². The maximum Gasteiger partial charge on any atom is 0.260 e. The normalized spacial score (nSPS) is 15.6. The SMILES string of the molecule is Sc1ncccc1C1=NOCCO1. The minimum atomic E-state index is 0.448. The van der Waals surface area contributed by atoms with Crippen LogP contribution in [0.4, 0.5) is 0 Å². The Morgan fingerprint density at radius 2 is 2.31 bits per heavy atom. The summed E-state index contributed by atoms with van der Waals surface area (Å²) in [5.74, 6) is 0.448. The summed E-state index contributed by atoms with van der Waals surface area (Å²) in [6.45, 7) is 1.01. The lowest BCUT2D eigenvalue weighted by Crippen LogP contribution is -2.17. The van der Waals surface area contributed by atoms with Crippen LogP contribution in [0.2, 0.25) is 0 Å². The number of ether oxygens (including phenoxy) is 1. The summed E-state index contributed by atoms with van der Waals surface area (Å²) < 4.78 is 5.28. The van der Waals surface area contributed by atoms with Crippen LogP contribution in [0.25, 0.3) is 0 Å². The molecule has 0 amide bonds. The summed E-state index contributed by atoms with van der Waals surface area (Å²) in [5, 5.41) is 4.36. The van der Waals surface area contributed by atoms with Gasteiger partial charge in [-0.2, -0.15) is 0 Å². The number of oxime groups is 1. The van der Waals surface area contributed by atoms with Crippen LogP contribution >= 0.6 is 12.6 Å². The van der Waals surface area contributed by atoms with E-state index in [1.165, 1.54) is 0 Å². The molecule has 0 saturated carbocycles. The molecule has 0 bridgehead atoms. The average Bonchev–Trinajstić information content (AvgIpc) is 2.20. The van der Waals surface area contributed by atoms with Crippen LogP contribution in [0.5, 0.6) is 0 Å². The van der Waals surface area contributed by atoms with Crippen LogP contribution in [0.15, 0.2) is 28.5 Å². The summed E-state index contributed by atoms with van der Waals surface area (Å²) >= 11 is 4.18. The van der Waals surface area contributed by atoms with Gasteiger partial charge in [0.25, 0.3) is 5.90 Å². The Kier molecular flexibility index (Phi) is 2.35. The van der Waals surface area contributed by atoms with E-state index in [9.17, 15) is 0 Å². The highest BCUT2D eigenvalue weighted by molar-refractivity contribution is 7.80. The van der Waals surface area contributed by atoms with Gasteiger partial charge in [0.05, 0.1) is 5.56 Å². The number of thiol groups is 1. The number of nitrogens with zero attached hydrogens (tertiary/aromatic N) is 2. The molecule has 0 fully saturated rings. The number of aromatic nitrogens is 1. The number of hydrogen-bond acceptors (Lipinski definition) is 5. The van der Waals surface area contributed by atoms with Crippen LogP contribution < -0.4 is 0 Å². The number of pyridine rings is 1. The van der Waals surface area contributed by atoms with E-state index in [1.807, 2.05) is 6.07 Å². The Morgan fingerprint density at radius 3 is 3.00 bits per heavy atom. The zero-order valence-electron chi connectivity index (χ0n) is 6.80. The topological polar surface area (TPSA) is 43.7 Å². The minimum absolute atomic E-state index is 0.448. The van der Waals surface area contributed by atoms with Gasteiger partial charge in [-0.1, -0.05) is 0 Å². The van der Waals surface area contributed by atoms with Crippen molar-refractivity contribution in [1.29, 1.82) is 0 Å². The molecule has 1 aliphatic heterocycles. The second-order valence-corrected chi connectivity index (χ2v) is 2.88. The molecule has 1 aliphatic rings. The van der Waals surface area contributed by atoms with Crippen molar-refractivity contribution >= 4 is 18.5 Å². The molecule has 0 N–H and O–H groups in total. The average molecular weight is 196 g/mol. The predicted octanol–water partition coefficient (Wildman–Crippen LogP) is 1.08. The van der Waals surface area contributed by atoms with E-state index < -0.39 is 0 Å². The molecule has 0 aromatic carbocycles. The van der Waals surface area contributed by atoms with Crippen molar-refractivity contribution in [3.8, 4) is 0 Å². The quantitative estimate of drug-likeness (QED) is 0.683. The van der Waals surface area contributed by atoms with Gasteiger partial charge < -0.3 is 9.57 Å². The third-order valence-corrected chi connectivity index (χ3v) is 1.93. The van der Waals surface area contributed by atoms with Gasteiger partial charge in [0, 0.05) is 6.20 Å². The first-order chi connectivity index (χ1) is 6.38. The van der Waals surface area contributed by atoms with Crippen molar-refractivity contribution in [1.82, 2.24) is 4.98 Å². The highest BCUT2D eigenvalue weighted by Gasteiger charge is 2.13. The van der Waals surface area contributed by atoms with Crippen molar-refractivity contribution in [3.05, 3.63) is 23.9 Å². The highest BCUT2D eigenvalue weighted by Crippen LogP contribution is 2.13. The summed E-state index contributed by atoms with van der Waals surface area (Å²) in [6.07, 6.45) is 1.66. The molecule has 2 rings (SSSR count). The third kappa shape index (κ3) is 1.75. The lowest BCUT2D eigenvalue weighted by atomic mass is 10.3. The van der Waals surface area contributed by atoms with Gasteiger partial charge in [-0.25, -0.2) is 4.98 Å². The predicted molar refractivity (Wildman–Crippen MR) is 49.9 cm³/mol. The highest BCUT2D eigenvalue weighted by atomic mass is 32.1. The van der Waals surface area contributed by atoms with E-state index >= 15 is 0 Å². The molecule has 0 aliphatic carbocycles. The van der Waals surface area contributed by atoms with Crippen molar-refractivity contribution in [3.63, 3.8) is 0 Å². The van der Waals surface area contributed by atoms with Crippen LogP contribution in [-0.2, 0) is 9.57 Å². The molecule has 5 heteroatoms. The molecule has 0 saturated heterocycles. The van der Waals surface area contributed by atoms with E-state index in [0.29, 0.717) is 24.1 Å². The summed E-state index contributed by atoms with van der Waals surface area (Å²) in [5.41, 5.74) is 0.755. The van der Waals surface area contributed by atoms with E-state index in [1.54, 1.807) is 12.3 Å². The van der Waals surface area contributed by atoms with E-state index in [2.05, 4.69) is 22.8 Å². The van der Waals surface area contributed by atoms with Gasteiger partial charge in [-0.15, -0.1) is 12.6 Å². The van der Waals surface area contributed by atoms with Crippen LogP contribution in [0.1, 0.15) is 5.56 Å². The fourth-order valence-electron chi connectivity index (χ4n) is 0.997. The summed E-state index contributed by atoms with van der Waals surface area (Å²) in [7, 11) is 0. The maximum atomic E-state index is 5.28. The lowest BCUT2D eigenvalue weighted by molar-refractivity contribution is 0.0653. The van der Waals surface area contributed by atoms with E-state index in [-0.39, 0.29) is 0 Å². The zero-order chi connectivity index (χ0) is 9.10. The molecule has 0 unspecified atom stereocenters.